The third-order valence-electron chi connectivity index (χ3n) is 2.72. The normalized spacial score (nSPS) is 25.5. The topological polar surface area (TPSA) is 35.2 Å². The van der Waals surface area contributed by atoms with E-state index in [0.29, 0.717) is 5.92 Å². The van der Waals surface area contributed by atoms with Crippen LogP contribution in [0.4, 0.5) is 0 Å². The zero-order valence-electron chi connectivity index (χ0n) is 8.10. The number of hydrogen-bond acceptors (Lipinski definition) is 2. The van der Waals surface area contributed by atoms with Crippen LogP contribution in [0.5, 0.6) is 0 Å². The second-order valence-electron chi connectivity index (χ2n) is 3.69. The van der Waals surface area contributed by atoms with E-state index in [1.54, 1.807) is 0 Å². The van der Waals surface area contributed by atoms with Crippen molar-refractivity contribution in [3.63, 3.8) is 0 Å². The van der Waals surface area contributed by atoms with Crippen LogP contribution in [0.2, 0.25) is 0 Å². The van der Waals surface area contributed by atoms with Gasteiger partial charge in [-0.15, -0.1) is 0 Å². The maximum Gasteiger partial charge on any atom is 0.0887 e. The molecule has 0 aliphatic heterocycles. The summed E-state index contributed by atoms with van der Waals surface area (Å²) in [5, 5.41) is 0. The summed E-state index contributed by atoms with van der Waals surface area (Å²) >= 11 is 0. The van der Waals surface area contributed by atoms with Gasteiger partial charge in [-0.05, 0) is 18.4 Å². The minimum absolute atomic E-state index is 0.162. The molecule has 2 nitrogen and oxygen atoms in total. The second kappa shape index (κ2) is 4.40. The number of nitrogens with two attached hydrogens (primary N) is 1. The van der Waals surface area contributed by atoms with Crippen molar-refractivity contribution < 1.29 is 4.84 Å². The summed E-state index contributed by atoms with van der Waals surface area (Å²) in [4.78, 5) is 4.93. The van der Waals surface area contributed by atoms with Crippen molar-refractivity contribution in [3.8, 4) is 0 Å². The molecule has 1 aliphatic rings. The van der Waals surface area contributed by atoms with E-state index < -0.39 is 0 Å². The third kappa shape index (κ3) is 2.03. The molecule has 0 saturated heterocycles. The van der Waals surface area contributed by atoms with Crippen LogP contribution < -0.4 is 5.90 Å². The van der Waals surface area contributed by atoms with Gasteiger partial charge in [0.25, 0.3) is 0 Å². The van der Waals surface area contributed by atoms with Crippen LogP contribution in [0.25, 0.3) is 0 Å². The molecule has 2 atom stereocenters. The van der Waals surface area contributed by atoms with Crippen LogP contribution in [0, 0.1) is 5.92 Å². The number of rotatable bonds is 3. The van der Waals surface area contributed by atoms with Gasteiger partial charge >= 0.3 is 0 Å². The molecular weight excluding hydrogens is 174 g/mol. The highest BCUT2D eigenvalue weighted by Crippen LogP contribution is 2.23. The summed E-state index contributed by atoms with van der Waals surface area (Å²) in [6.07, 6.45) is 6.46. The lowest BCUT2D eigenvalue weighted by atomic mass is 9.97. The predicted molar refractivity (Wildman–Crippen MR) is 56.5 cm³/mol. The van der Waals surface area contributed by atoms with E-state index >= 15 is 0 Å². The van der Waals surface area contributed by atoms with Crippen molar-refractivity contribution in [3.05, 3.63) is 48.0 Å². The molecule has 1 aromatic rings. The third-order valence-corrected chi connectivity index (χ3v) is 2.72. The van der Waals surface area contributed by atoms with Gasteiger partial charge < -0.3 is 4.84 Å². The Kier molecular flexibility index (Phi) is 2.96. The average Bonchev–Trinajstić information content (AvgIpc) is 2.67. The first kappa shape index (κ1) is 9.44. The average molecular weight is 189 g/mol. The van der Waals surface area contributed by atoms with Crippen molar-refractivity contribution in [2.75, 3.05) is 0 Å². The monoisotopic (exact) mass is 189 g/mol. The van der Waals surface area contributed by atoms with Crippen LogP contribution in [0.15, 0.2) is 42.5 Å². The Labute approximate surface area is 84.3 Å². The molecule has 2 heteroatoms. The molecule has 14 heavy (non-hydrogen) atoms. The van der Waals surface area contributed by atoms with Crippen LogP contribution in [0.1, 0.15) is 12.0 Å². The lowest BCUT2D eigenvalue weighted by molar-refractivity contribution is 0.0337. The van der Waals surface area contributed by atoms with Crippen molar-refractivity contribution in [1.29, 1.82) is 0 Å². The lowest BCUT2D eigenvalue weighted by Crippen LogP contribution is -2.23. The Morgan fingerprint density at radius 2 is 2.07 bits per heavy atom. The second-order valence-corrected chi connectivity index (χ2v) is 3.69. The summed E-state index contributed by atoms with van der Waals surface area (Å²) in [7, 11) is 0. The van der Waals surface area contributed by atoms with E-state index in [-0.39, 0.29) is 6.10 Å². The molecule has 1 aromatic carbocycles. The Morgan fingerprint density at radius 1 is 1.29 bits per heavy atom. The summed E-state index contributed by atoms with van der Waals surface area (Å²) in [5.74, 6) is 5.67. The highest BCUT2D eigenvalue weighted by Gasteiger charge is 2.22. The number of benzene rings is 1. The first-order valence-electron chi connectivity index (χ1n) is 4.96. The maximum absolute atomic E-state index is 5.24. The molecule has 0 radical (unpaired) electrons. The lowest BCUT2D eigenvalue weighted by Gasteiger charge is -2.16. The molecule has 0 bridgehead atoms. The molecule has 0 heterocycles. The van der Waals surface area contributed by atoms with E-state index in [0.717, 1.165) is 12.8 Å². The first-order chi connectivity index (χ1) is 6.90. The highest BCUT2D eigenvalue weighted by atomic mass is 16.6. The van der Waals surface area contributed by atoms with E-state index in [4.69, 9.17) is 10.7 Å². The van der Waals surface area contributed by atoms with Crippen LogP contribution in [-0.4, -0.2) is 6.10 Å². The first-order valence-corrected chi connectivity index (χ1v) is 4.96. The Balaban J connectivity index is 2.01. The summed E-state index contributed by atoms with van der Waals surface area (Å²) in [6.45, 7) is 0. The van der Waals surface area contributed by atoms with Gasteiger partial charge in [0.15, 0.2) is 0 Å². The van der Waals surface area contributed by atoms with E-state index in [9.17, 15) is 0 Å². The van der Waals surface area contributed by atoms with Gasteiger partial charge in [-0.1, -0.05) is 42.5 Å². The van der Waals surface area contributed by atoms with Gasteiger partial charge in [0.1, 0.15) is 0 Å². The van der Waals surface area contributed by atoms with Crippen molar-refractivity contribution in [2.24, 2.45) is 11.8 Å². The molecule has 2 unspecified atom stereocenters. The van der Waals surface area contributed by atoms with E-state index in [1.165, 1.54) is 5.56 Å². The maximum atomic E-state index is 5.24. The fourth-order valence-corrected chi connectivity index (χ4v) is 1.93. The number of hydrogen-bond donors (Lipinski definition) is 1. The van der Waals surface area contributed by atoms with Gasteiger partial charge in [-0.3, -0.25) is 0 Å². The predicted octanol–water partition coefficient (Wildman–Crippen LogP) is 2.06. The summed E-state index contributed by atoms with van der Waals surface area (Å²) in [6, 6.07) is 10.4. The molecule has 0 spiro atoms. The molecule has 0 aromatic heterocycles. The standard InChI is InChI=1S/C12H15NO/c13-14-12-8-4-7-11(12)9-10-5-2-1-3-6-10/h1-7,11-12H,8-9,13H2. The minimum Gasteiger partial charge on any atom is -0.300 e. The van der Waals surface area contributed by atoms with Gasteiger partial charge in [0, 0.05) is 5.92 Å². The summed E-state index contributed by atoms with van der Waals surface area (Å²) in [5.41, 5.74) is 1.34. The van der Waals surface area contributed by atoms with Crippen LogP contribution in [-0.2, 0) is 11.3 Å². The Bertz CT molecular complexity index is 307. The largest absolute Gasteiger partial charge is 0.300 e. The van der Waals surface area contributed by atoms with Crippen molar-refractivity contribution in [1.82, 2.24) is 0 Å². The fraction of sp³-hybridized carbons (Fsp3) is 0.333. The highest BCUT2D eigenvalue weighted by molar-refractivity contribution is 5.18. The van der Waals surface area contributed by atoms with E-state index in [2.05, 4.69) is 36.4 Å². The molecule has 74 valence electrons. The van der Waals surface area contributed by atoms with Crippen molar-refractivity contribution >= 4 is 0 Å². The van der Waals surface area contributed by atoms with Gasteiger partial charge in [0.2, 0.25) is 0 Å². The SMILES string of the molecule is NOC1CC=CC1Cc1ccccc1. The fourth-order valence-electron chi connectivity index (χ4n) is 1.93. The quantitative estimate of drug-likeness (QED) is 0.583. The smallest absolute Gasteiger partial charge is 0.0887 e. The minimum atomic E-state index is 0.162. The molecule has 2 N–H and O–H groups in total. The van der Waals surface area contributed by atoms with Gasteiger partial charge in [0.05, 0.1) is 6.10 Å². The van der Waals surface area contributed by atoms with E-state index in [1.807, 2.05) is 6.07 Å². The molecular formula is C12H15NO. The van der Waals surface area contributed by atoms with Gasteiger partial charge in [-0.2, -0.15) is 0 Å². The molecule has 1 aliphatic carbocycles. The zero-order valence-corrected chi connectivity index (χ0v) is 8.10. The van der Waals surface area contributed by atoms with Crippen molar-refractivity contribution in [2.45, 2.75) is 18.9 Å². The Hall–Kier alpha value is -1.12. The van der Waals surface area contributed by atoms with Crippen LogP contribution >= 0.6 is 0 Å². The Morgan fingerprint density at radius 3 is 2.79 bits per heavy atom. The molecule has 0 saturated carbocycles. The molecule has 0 fully saturated rings. The molecule has 0 amide bonds. The zero-order chi connectivity index (χ0) is 9.80. The van der Waals surface area contributed by atoms with Gasteiger partial charge in [-0.25, -0.2) is 5.90 Å². The van der Waals surface area contributed by atoms with Crippen LogP contribution in [0.3, 0.4) is 0 Å². The molecule has 2 rings (SSSR count). The summed E-state index contributed by atoms with van der Waals surface area (Å²) < 4.78 is 0.